The Hall–Kier alpha value is -2.35. The van der Waals surface area contributed by atoms with Crippen molar-refractivity contribution in [3.05, 3.63) is 28.3 Å². The summed E-state index contributed by atoms with van der Waals surface area (Å²) in [4.78, 5) is 21.0. The molecule has 1 aromatic rings. The summed E-state index contributed by atoms with van der Waals surface area (Å²) in [5.74, 6) is -0.286. The van der Waals surface area contributed by atoms with E-state index in [9.17, 15) is 14.9 Å². The van der Waals surface area contributed by atoms with Crippen molar-refractivity contribution in [1.82, 2.24) is 0 Å². The molecule has 0 atom stereocenters. The number of benzene rings is 1. The van der Waals surface area contributed by atoms with Crippen molar-refractivity contribution in [3.8, 4) is 5.75 Å². The standard InChI is InChI=1S/C9H10N2O6/c12-3-4-17-9(14)10-7-2-1-6(13)5-8(7)11(15)16/h1-2,5,12-13H,3-4H2,(H,10,14). The zero-order valence-corrected chi connectivity index (χ0v) is 8.62. The molecule has 0 bridgehead atoms. The summed E-state index contributed by atoms with van der Waals surface area (Å²) in [5.41, 5.74) is -0.554. The molecule has 0 spiro atoms. The van der Waals surface area contributed by atoms with Crippen LogP contribution >= 0.6 is 0 Å². The van der Waals surface area contributed by atoms with Crippen LogP contribution in [-0.4, -0.2) is 34.4 Å². The highest BCUT2D eigenvalue weighted by Gasteiger charge is 2.17. The van der Waals surface area contributed by atoms with Gasteiger partial charge in [0, 0.05) is 0 Å². The second-order valence-corrected chi connectivity index (χ2v) is 2.94. The van der Waals surface area contributed by atoms with Gasteiger partial charge in [-0.05, 0) is 12.1 Å². The molecule has 0 radical (unpaired) electrons. The van der Waals surface area contributed by atoms with Gasteiger partial charge in [-0.2, -0.15) is 0 Å². The van der Waals surface area contributed by atoms with Gasteiger partial charge in [0.05, 0.1) is 17.6 Å². The van der Waals surface area contributed by atoms with Gasteiger partial charge in [0.2, 0.25) is 0 Å². The highest BCUT2D eigenvalue weighted by Crippen LogP contribution is 2.28. The third-order valence-electron chi connectivity index (χ3n) is 1.74. The van der Waals surface area contributed by atoms with Crippen molar-refractivity contribution in [2.45, 2.75) is 0 Å². The molecule has 1 aromatic carbocycles. The molecule has 0 heterocycles. The highest BCUT2D eigenvalue weighted by atomic mass is 16.6. The van der Waals surface area contributed by atoms with Crippen LogP contribution in [0, 0.1) is 10.1 Å². The molecule has 1 amide bonds. The Labute approximate surface area is 95.6 Å². The fourth-order valence-corrected chi connectivity index (χ4v) is 1.06. The van der Waals surface area contributed by atoms with Crippen molar-refractivity contribution < 1.29 is 24.7 Å². The maximum atomic E-state index is 11.1. The number of nitrogens with zero attached hydrogens (tertiary/aromatic N) is 1. The summed E-state index contributed by atoms with van der Waals surface area (Å²) in [6.45, 7) is -0.553. The van der Waals surface area contributed by atoms with Gasteiger partial charge in [-0.3, -0.25) is 15.4 Å². The summed E-state index contributed by atoms with van der Waals surface area (Å²) >= 11 is 0. The van der Waals surface area contributed by atoms with Gasteiger partial charge >= 0.3 is 6.09 Å². The zero-order chi connectivity index (χ0) is 12.8. The van der Waals surface area contributed by atoms with Crippen LogP contribution in [0.5, 0.6) is 5.75 Å². The lowest BCUT2D eigenvalue weighted by Crippen LogP contribution is -2.16. The molecule has 0 fully saturated rings. The number of nitro benzene ring substituents is 1. The van der Waals surface area contributed by atoms with Crippen molar-refractivity contribution >= 4 is 17.5 Å². The predicted molar refractivity (Wildman–Crippen MR) is 56.8 cm³/mol. The predicted octanol–water partition coefficient (Wildman–Crippen LogP) is 0.841. The maximum absolute atomic E-state index is 11.1. The minimum atomic E-state index is -0.923. The number of ether oxygens (including phenoxy) is 1. The molecule has 0 unspecified atom stereocenters. The number of amides is 1. The largest absolute Gasteiger partial charge is 0.508 e. The molecule has 0 aliphatic carbocycles. The summed E-state index contributed by atoms with van der Waals surface area (Å²) in [6.07, 6.45) is -0.923. The van der Waals surface area contributed by atoms with E-state index in [1.807, 2.05) is 0 Å². The summed E-state index contributed by atoms with van der Waals surface area (Å²) in [5, 5.41) is 30.3. The third-order valence-corrected chi connectivity index (χ3v) is 1.74. The number of aromatic hydroxyl groups is 1. The van der Waals surface area contributed by atoms with Crippen LogP contribution in [-0.2, 0) is 4.74 Å². The Bertz CT molecular complexity index is 433. The van der Waals surface area contributed by atoms with Crippen molar-refractivity contribution in [2.75, 3.05) is 18.5 Å². The summed E-state index contributed by atoms with van der Waals surface area (Å²) in [6, 6.07) is 3.27. The van der Waals surface area contributed by atoms with Crippen molar-refractivity contribution in [2.24, 2.45) is 0 Å². The SMILES string of the molecule is O=C(Nc1ccc(O)cc1[N+](=O)[O-])OCCO. The van der Waals surface area contributed by atoms with E-state index in [4.69, 9.17) is 10.2 Å². The van der Waals surface area contributed by atoms with E-state index in [1.54, 1.807) is 0 Å². The summed E-state index contributed by atoms with van der Waals surface area (Å²) in [7, 11) is 0. The molecule has 1 rings (SSSR count). The molecular formula is C9H10N2O6. The van der Waals surface area contributed by atoms with Gasteiger partial charge in [-0.1, -0.05) is 0 Å². The molecular weight excluding hydrogens is 232 g/mol. The fraction of sp³-hybridized carbons (Fsp3) is 0.222. The van der Waals surface area contributed by atoms with E-state index < -0.39 is 16.7 Å². The van der Waals surface area contributed by atoms with Gasteiger partial charge in [-0.15, -0.1) is 0 Å². The van der Waals surface area contributed by atoms with Crippen molar-refractivity contribution in [3.63, 3.8) is 0 Å². The Morgan fingerprint density at radius 1 is 1.53 bits per heavy atom. The van der Waals surface area contributed by atoms with Crippen LogP contribution in [0.15, 0.2) is 18.2 Å². The van der Waals surface area contributed by atoms with Crippen LogP contribution in [0.3, 0.4) is 0 Å². The van der Waals surface area contributed by atoms with Crippen LogP contribution in [0.1, 0.15) is 0 Å². The Morgan fingerprint density at radius 3 is 2.82 bits per heavy atom. The highest BCUT2D eigenvalue weighted by molar-refractivity contribution is 5.88. The number of phenols is 1. The average molecular weight is 242 g/mol. The monoisotopic (exact) mass is 242 g/mol. The molecule has 3 N–H and O–H groups in total. The first-order chi connectivity index (χ1) is 8.04. The van der Waals surface area contributed by atoms with Gasteiger partial charge in [0.1, 0.15) is 18.0 Å². The second-order valence-electron chi connectivity index (χ2n) is 2.94. The Morgan fingerprint density at radius 2 is 2.24 bits per heavy atom. The number of nitro groups is 1. The average Bonchev–Trinajstić information content (AvgIpc) is 2.28. The van der Waals surface area contributed by atoms with Crippen LogP contribution in [0.25, 0.3) is 0 Å². The van der Waals surface area contributed by atoms with Crippen molar-refractivity contribution in [1.29, 1.82) is 0 Å². The zero-order valence-electron chi connectivity index (χ0n) is 8.62. The molecule has 17 heavy (non-hydrogen) atoms. The number of carbonyl (C=O) groups excluding carboxylic acids is 1. The number of nitrogens with one attached hydrogen (secondary N) is 1. The number of phenolic OH excluding ortho intramolecular Hbond substituents is 1. The number of aliphatic hydroxyl groups excluding tert-OH is 1. The number of anilines is 1. The van der Waals surface area contributed by atoms with E-state index in [2.05, 4.69) is 10.1 Å². The minimum absolute atomic E-state index is 0.101. The van der Waals surface area contributed by atoms with E-state index in [0.717, 1.165) is 6.07 Å². The first-order valence-electron chi connectivity index (χ1n) is 4.56. The lowest BCUT2D eigenvalue weighted by Gasteiger charge is -2.06. The van der Waals surface area contributed by atoms with Crippen LogP contribution in [0.4, 0.5) is 16.2 Å². The smallest absolute Gasteiger partial charge is 0.411 e. The van der Waals surface area contributed by atoms with Gasteiger partial charge < -0.3 is 14.9 Å². The lowest BCUT2D eigenvalue weighted by atomic mass is 10.2. The van der Waals surface area contributed by atoms with Gasteiger partial charge in [0.25, 0.3) is 5.69 Å². The molecule has 8 heteroatoms. The Kier molecular flexibility index (Phi) is 4.23. The van der Waals surface area contributed by atoms with E-state index in [0.29, 0.717) is 0 Å². The van der Waals surface area contributed by atoms with E-state index in [-0.39, 0.29) is 24.7 Å². The molecule has 92 valence electrons. The molecule has 0 aliphatic heterocycles. The molecule has 0 aromatic heterocycles. The normalized spacial score (nSPS) is 9.71. The topological polar surface area (TPSA) is 122 Å². The number of hydrogen-bond acceptors (Lipinski definition) is 6. The first kappa shape index (κ1) is 12.7. The van der Waals surface area contributed by atoms with Crippen LogP contribution < -0.4 is 5.32 Å². The van der Waals surface area contributed by atoms with Gasteiger partial charge in [-0.25, -0.2) is 4.79 Å². The third kappa shape index (κ3) is 3.61. The molecule has 0 saturated carbocycles. The Balaban J connectivity index is 2.83. The molecule has 0 aliphatic rings. The molecule has 8 nitrogen and oxygen atoms in total. The summed E-state index contributed by atoms with van der Waals surface area (Å²) < 4.78 is 4.47. The quantitative estimate of drug-likeness (QED) is 0.408. The number of hydrogen-bond donors (Lipinski definition) is 3. The number of rotatable bonds is 4. The fourth-order valence-electron chi connectivity index (χ4n) is 1.06. The maximum Gasteiger partial charge on any atom is 0.411 e. The second kappa shape index (κ2) is 5.66. The van der Waals surface area contributed by atoms with Gasteiger partial charge in [0.15, 0.2) is 0 Å². The minimum Gasteiger partial charge on any atom is -0.508 e. The number of carbonyl (C=O) groups is 1. The van der Waals surface area contributed by atoms with E-state index >= 15 is 0 Å². The lowest BCUT2D eigenvalue weighted by molar-refractivity contribution is -0.384. The van der Waals surface area contributed by atoms with E-state index in [1.165, 1.54) is 12.1 Å². The van der Waals surface area contributed by atoms with Crippen LogP contribution in [0.2, 0.25) is 0 Å². The molecule has 0 saturated heterocycles. The number of aliphatic hydroxyl groups is 1. The first-order valence-corrected chi connectivity index (χ1v) is 4.56.